The molecule has 2 aromatic rings. The summed E-state index contributed by atoms with van der Waals surface area (Å²) in [6.07, 6.45) is 0.366. The minimum Gasteiger partial charge on any atom is -0.322 e. The molecular weight excluding hydrogens is 408 g/mol. The van der Waals surface area contributed by atoms with E-state index in [0.29, 0.717) is 17.1 Å². The molecule has 1 aliphatic rings. The van der Waals surface area contributed by atoms with Crippen molar-refractivity contribution in [3.63, 3.8) is 0 Å². The Hall–Kier alpha value is -3.40. The highest BCUT2D eigenvalue weighted by molar-refractivity contribution is 7.92. The average Bonchev–Trinajstić information content (AvgIpc) is 2.93. The third kappa shape index (κ3) is 4.13. The van der Waals surface area contributed by atoms with Crippen LogP contribution in [0, 0.1) is 6.92 Å². The maximum atomic E-state index is 12.5. The van der Waals surface area contributed by atoms with E-state index in [-0.39, 0.29) is 10.5 Å². The zero-order chi connectivity index (χ0) is 22.1. The minimum absolute atomic E-state index is 0.0341. The van der Waals surface area contributed by atoms with Crippen LogP contribution < -0.4 is 15.5 Å². The maximum Gasteiger partial charge on any atom is 0.344 e. The molecule has 0 aromatic heterocycles. The Morgan fingerprint density at radius 3 is 2.20 bits per heavy atom. The number of hydrogen-bond donors (Lipinski definition) is 3. The molecule has 0 saturated carbocycles. The number of urea groups is 1. The van der Waals surface area contributed by atoms with E-state index in [1.807, 2.05) is 6.92 Å². The van der Waals surface area contributed by atoms with E-state index in [1.165, 1.54) is 24.3 Å². The predicted octanol–water partition coefficient (Wildman–Crippen LogP) is 2.16. The topological polar surface area (TPSA) is 125 Å². The highest BCUT2D eigenvalue weighted by Crippen LogP contribution is 2.20. The molecule has 1 heterocycles. The monoisotopic (exact) mass is 430 g/mol. The summed E-state index contributed by atoms with van der Waals surface area (Å²) in [5.41, 5.74) is 2.68. The number of amides is 4. The van der Waals surface area contributed by atoms with E-state index in [9.17, 15) is 22.8 Å². The van der Waals surface area contributed by atoms with E-state index in [1.54, 1.807) is 38.1 Å². The second-order valence-electron chi connectivity index (χ2n) is 7.19. The molecule has 1 saturated heterocycles. The molecule has 1 aliphatic heterocycles. The van der Waals surface area contributed by atoms with Gasteiger partial charge in [-0.05, 0) is 56.7 Å². The summed E-state index contributed by atoms with van der Waals surface area (Å²) in [4.78, 5) is 36.7. The number of benzene rings is 2. The summed E-state index contributed by atoms with van der Waals surface area (Å²) in [5, 5.41) is 3.16. The lowest BCUT2D eigenvalue weighted by Crippen LogP contribution is -2.48. The Balaban J connectivity index is 1.72. The number of nitrogens with one attached hydrogen (secondary N) is 3. The van der Waals surface area contributed by atoms with Crippen LogP contribution in [0.4, 0.5) is 10.5 Å². The molecule has 0 bridgehead atoms. The average molecular weight is 430 g/mol. The van der Waals surface area contributed by atoms with Crippen molar-refractivity contribution in [3.05, 3.63) is 59.7 Å². The molecule has 3 rings (SSSR count). The summed E-state index contributed by atoms with van der Waals surface area (Å²) in [5.74, 6) is -1.28. The predicted molar refractivity (Wildman–Crippen MR) is 110 cm³/mol. The summed E-state index contributed by atoms with van der Waals surface area (Å²) in [6, 6.07) is 11.3. The molecule has 1 atom stereocenters. The van der Waals surface area contributed by atoms with Gasteiger partial charge in [0.2, 0.25) is 0 Å². The SMILES string of the molecule is CCC1(C)NC(=O)N(NC(=O)c2ccc(S(=O)(=O)Nc3ccc(C)cc3)cc2)C1=O. The lowest BCUT2D eigenvalue weighted by atomic mass is 10.00. The van der Waals surface area contributed by atoms with Crippen LogP contribution in [0.2, 0.25) is 0 Å². The normalized spacial score (nSPS) is 18.8. The summed E-state index contributed by atoms with van der Waals surface area (Å²) in [6.45, 7) is 5.21. The molecule has 158 valence electrons. The number of hydrogen-bond acceptors (Lipinski definition) is 5. The molecule has 3 N–H and O–H groups in total. The first-order chi connectivity index (χ1) is 14.1. The molecular formula is C20H22N4O5S. The van der Waals surface area contributed by atoms with Crippen molar-refractivity contribution in [2.45, 2.75) is 37.6 Å². The van der Waals surface area contributed by atoms with E-state index in [2.05, 4.69) is 15.5 Å². The molecule has 4 amide bonds. The lowest BCUT2D eigenvalue weighted by Gasteiger charge is -2.19. The van der Waals surface area contributed by atoms with Crippen LogP contribution in [-0.2, 0) is 14.8 Å². The first kappa shape index (κ1) is 21.3. The molecule has 0 aliphatic carbocycles. The molecule has 9 nitrogen and oxygen atoms in total. The maximum absolute atomic E-state index is 12.5. The van der Waals surface area contributed by atoms with Gasteiger partial charge in [0.1, 0.15) is 5.54 Å². The van der Waals surface area contributed by atoms with E-state index in [0.717, 1.165) is 5.56 Å². The first-order valence-corrected chi connectivity index (χ1v) is 10.7. The van der Waals surface area contributed by atoms with Crippen molar-refractivity contribution < 1.29 is 22.8 Å². The van der Waals surface area contributed by atoms with Crippen molar-refractivity contribution >= 4 is 33.6 Å². The Kier molecular flexibility index (Phi) is 5.53. The van der Waals surface area contributed by atoms with Crippen LogP contribution in [0.5, 0.6) is 0 Å². The number of nitrogens with zero attached hydrogens (tertiary/aromatic N) is 1. The molecule has 1 unspecified atom stereocenters. The second-order valence-corrected chi connectivity index (χ2v) is 8.88. The fourth-order valence-electron chi connectivity index (χ4n) is 2.81. The Morgan fingerprint density at radius 2 is 1.67 bits per heavy atom. The van der Waals surface area contributed by atoms with Crippen molar-refractivity contribution in [1.29, 1.82) is 0 Å². The van der Waals surface area contributed by atoms with Gasteiger partial charge in [-0.1, -0.05) is 24.6 Å². The van der Waals surface area contributed by atoms with E-state index < -0.39 is 33.4 Å². The van der Waals surface area contributed by atoms with Gasteiger partial charge in [-0.15, -0.1) is 0 Å². The van der Waals surface area contributed by atoms with Crippen molar-refractivity contribution in [1.82, 2.24) is 15.8 Å². The van der Waals surface area contributed by atoms with Crippen molar-refractivity contribution in [3.8, 4) is 0 Å². The number of hydrazine groups is 1. The molecule has 30 heavy (non-hydrogen) atoms. The van der Waals surface area contributed by atoms with Gasteiger partial charge in [-0.25, -0.2) is 13.2 Å². The second kappa shape index (κ2) is 7.79. The number of sulfonamides is 1. The van der Waals surface area contributed by atoms with Crippen LogP contribution in [0.25, 0.3) is 0 Å². The zero-order valence-electron chi connectivity index (χ0n) is 16.7. The molecule has 2 aromatic carbocycles. The Bertz CT molecular complexity index is 1100. The Labute approximate surface area is 174 Å². The van der Waals surface area contributed by atoms with Crippen LogP contribution in [0.3, 0.4) is 0 Å². The number of carbonyl (C=O) groups excluding carboxylic acids is 3. The third-order valence-electron chi connectivity index (χ3n) is 4.91. The van der Waals surface area contributed by atoms with Gasteiger partial charge < -0.3 is 5.32 Å². The highest BCUT2D eigenvalue weighted by atomic mass is 32.2. The van der Waals surface area contributed by atoms with Gasteiger partial charge in [-0.2, -0.15) is 5.01 Å². The van der Waals surface area contributed by atoms with Gasteiger partial charge in [0, 0.05) is 11.3 Å². The van der Waals surface area contributed by atoms with Crippen LogP contribution in [0.15, 0.2) is 53.4 Å². The largest absolute Gasteiger partial charge is 0.344 e. The number of aryl methyl sites for hydroxylation is 1. The fraction of sp³-hybridized carbons (Fsp3) is 0.250. The molecule has 1 fully saturated rings. The highest BCUT2D eigenvalue weighted by Gasteiger charge is 2.47. The number of carbonyl (C=O) groups is 3. The van der Waals surface area contributed by atoms with E-state index >= 15 is 0 Å². The smallest absolute Gasteiger partial charge is 0.322 e. The summed E-state index contributed by atoms with van der Waals surface area (Å²) >= 11 is 0. The summed E-state index contributed by atoms with van der Waals surface area (Å²) < 4.78 is 27.5. The molecule has 0 radical (unpaired) electrons. The van der Waals surface area contributed by atoms with E-state index in [4.69, 9.17) is 0 Å². The minimum atomic E-state index is -3.84. The standard InChI is InChI=1S/C20H22N4O5S/c1-4-20(3)18(26)24(19(27)21-20)22-17(25)14-7-11-16(12-8-14)30(28,29)23-15-9-5-13(2)6-10-15/h5-12,23H,4H2,1-3H3,(H,21,27)(H,22,25). The van der Waals surface area contributed by atoms with Crippen molar-refractivity contribution in [2.24, 2.45) is 0 Å². The van der Waals surface area contributed by atoms with Crippen LogP contribution in [0.1, 0.15) is 36.2 Å². The lowest BCUT2D eigenvalue weighted by molar-refractivity contribution is -0.132. The zero-order valence-corrected chi connectivity index (χ0v) is 17.5. The van der Waals surface area contributed by atoms with Crippen LogP contribution in [-0.4, -0.2) is 36.8 Å². The van der Waals surface area contributed by atoms with Gasteiger partial charge in [0.15, 0.2) is 0 Å². The quantitative estimate of drug-likeness (QED) is 0.606. The van der Waals surface area contributed by atoms with Crippen LogP contribution >= 0.6 is 0 Å². The number of imide groups is 1. The molecule has 10 heteroatoms. The van der Waals surface area contributed by atoms with Gasteiger partial charge >= 0.3 is 6.03 Å². The third-order valence-corrected chi connectivity index (χ3v) is 6.31. The number of anilines is 1. The van der Waals surface area contributed by atoms with Gasteiger partial charge in [-0.3, -0.25) is 19.7 Å². The van der Waals surface area contributed by atoms with Gasteiger partial charge in [0.05, 0.1) is 4.90 Å². The summed E-state index contributed by atoms with van der Waals surface area (Å²) in [7, 11) is -3.84. The van der Waals surface area contributed by atoms with Crippen molar-refractivity contribution in [2.75, 3.05) is 4.72 Å². The first-order valence-electron chi connectivity index (χ1n) is 9.23. The Morgan fingerprint density at radius 1 is 1.07 bits per heavy atom. The fourth-order valence-corrected chi connectivity index (χ4v) is 3.87. The van der Waals surface area contributed by atoms with Gasteiger partial charge in [0.25, 0.3) is 21.8 Å². The number of rotatable bonds is 6. The molecule has 0 spiro atoms.